The number of unbranched alkanes of at least 4 members (excludes halogenated alkanes) is 27. The van der Waals surface area contributed by atoms with Gasteiger partial charge >= 0.3 is 39.5 Å². The number of esters is 4. The maximum absolute atomic E-state index is 13.0. The monoisotopic (exact) mass is 1250 g/mol. The van der Waals surface area contributed by atoms with Crippen molar-refractivity contribution >= 4 is 39.5 Å². The Kier molecular flexibility index (Phi) is 54.8. The molecule has 4 unspecified atom stereocenters. The molecular formula is C66H128O17P2. The number of carbonyl (C=O) groups is 4. The molecule has 17 nitrogen and oxygen atoms in total. The molecule has 7 atom stereocenters. The lowest BCUT2D eigenvalue weighted by Crippen LogP contribution is -2.30. The lowest BCUT2D eigenvalue weighted by atomic mass is 9.99. The van der Waals surface area contributed by atoms with Gasteiger partial charge in [-0.05, 0) is 49.4 Å². The quantitative estimate of drug-likeness (QED) is 0.0222. The summed E-state index contributed by atoms with van der Waals surface area (Å²) in [6, 6.07) is 0. The van der Waals surface area contributed by atoms with Gasteiger partial charge in [0.1, 0.15) is 19.3 Å². The summed E-state index contributed by atoms with van der Waals surface area (Å²) in [6.45, 7) is 14.0. The van der Waals surface area contributed by atoms with E-state index in [0.717, 1.165) is 120 Å². The Labute approximate surface area is 517 Å². The van der Waals surface area contributed by atoms with Crippen molar-refractivity contribution in [1.29, 1.82) is 0 Å². The number of aliphatic hydroxyl groups excluding tert-OH is 1. The Bertz CT molecular complexity index is 1700. The molecule has 0 radical (unpaired) electrons. The molecule has 0 aliphatic heterocycles. The van der Waals surface area contributed by atoms with E-state index in [4.69, 9.17) is 37.0 Å². The highest BCUT2D eigenvalue weighted by Crippen LogP contribution is 2.45. The van der Waals surface area contributed by atoms with Crippen molar-refractivity contribution in [2.75, 3.05) is 39.6 Å². The summed E-state index contributed by atoms with van der Waals surface area (Å²) in [7, 11) is -9.89. The van der Waals surface area contributed by atoms with Crippen LogP contribution in [0, 0.1) is 23.7 Å². The van der Waals surface area contributed by atoms with Crippen LogP contribution in [0.5, 0.6) is 0 Å². The number of ether oxygens (including phenoxy) is 4. The minimum absolute atomic E-state index is 0.104. The van der Waals surface area contributed by atoms with Gasteiger partial charge in [-0.2, -0.15) is 0 Å². The van der Waals surface area contributed by atoms with Crippen molar-refractivity contribution in [3.63, 3.8) is 0 Å². The van der Waals surface area contributed by atoms with Crippen LogP contribution >= 0.6 is 15.6 Å². The smallest absolute Gasteiger partial charge is 0.462 e. The predicted molar refractivity (Wildman–Crippen MR) is 340 cm³/mol. The molecule has 0 spiro atoms. The number of phosphoric acid groups is 2. The van der Waals surface area contributed by atoms with Gasteiger partial charge in [0.2, 0.25) is 0 Å². The molecule has 0 aliphatic carbocycles. The Morgan fingerprint density at radius 3 is 0.835 bits per heavy atom. The molecule has 0 rings (SSSR count). The first-order chi connectivity index (χ1) is 40.7. The van der Waals surface area contributed by atoms with Crippen molar-refractivity contribution < 1.29 is 80.2 Å². The second-order valence-electron chi connectivity index (χ2n) is 25.3. The fraction of sp³-hybridized carbons (Fsp3) is 0.939. The van der Waals surface area contributed by atoms with E-state index in [2.05, 4.69) is 55.4 Å². The van der Waals surface area contributed by atoms with Crippen LogP contribution in [-0.2, 0) is 65.4 Å². The number of hydrogen-bond donors (Lipinski definition) is 3. The third-order valence-corrected chi connectivity index (χ3v) is 17.7. The van der Waals surface area contributed by atoms with E-state index in [1.807, 2.05) is 0 Å². The average molecular weight is 1260 g/mol. The molecule has 85 heavy (non-hydrogen) atoms. The minimum atomic E-state index is -4.95. The van der Waals surface area contributed by atoms with Gasteiger partial charge in [-0.25, -0.2) is 9.13 Å². The number of aliphatic hydroxyl groups is 1. The van der Waals surface area contributed by atoms with Crippen LogP contribution in [0.1, 0.15) is 319 Å². The third-order valence-electron chi connectivity index (χ3n) is 15.8. The topological polar surface area (TPSA) is 237 Å². The van der Waals surface area contributed by atoms with Crippen LogP contribution in [0.2, 0.25) is 0 Å². The van der Waals surface area contributed by atoms with E-state index in [1.54, 1.807) is 0 Å². The highest BCUT2D eigenvalue weighted by Gasteiger charge is 2.30. The van der Waals surface area contributed by atoms with Crippen LogP contribution in [0.25, 0.3) is 0 Å². The van der Waals surface area contributed by atoms with Gasteiger partial charge in [-0.15, -0.1) is 0 Å². The molecule has 0 heterocycles. The molecule has 0 amide bonds. The lowest BCUT2D eigenvalue weighted by molar-refractivity contribution is -0.161. The number of rotatable bonds is 63. The largest absolute Gasteiger partial charge is 0.472 e. The predicted octanol–water partition coefficient (Wildman–Crippen LogP) is 18.1. The molecule has 0 saturated carbocycles. The van der Waals surface area contributed by atoms with Gasteiger partial charge in [0.25, 0.3) is 0 Å². The number of phosphoric ester groups is 2. The summed E-state index contributed by atoms with van der Waals surface area (Å²) in [4.78, 5) is 72.3. The highest BCUT2D eigenvalue weighted by molar-refractivity contribution is 7.47. The van der Waals surface area contributed by atoms with Crippen LogP contribution in [0.15, 0.2) is 0 Å². The first-order valence-corrected chi connectivity index (χ1v) is 37.3. The molecule has 0 saturated heterocycles. The van der Waals surface area contributed by atoms with Crippen LogP contribution in [0.3, 0.4) is 0 Å². The summed E-state index contributed by atoms with van der Waals surface area (Å²) in [5.74, 6) is 0.811. The molecular weight excluding hydrogens is 1130 g/mol. The standard InChI is InChI=1S/C66H128O17P2/c1-9-58(7)44-36-28-19-15-11-12-16-20-32-40-48-65(70)82-61(52-76-63(68)46-38-30-24-22-27-35-43-57(5)6)54-80-84(72,73)78-50-60(67)51-79-85(74,75)81-55-62(53-77-64(69)47-39-31-25-23-29-37-45-59(8)10-2)83-66(71)49-41-33-21-17-13-14-18-26-34-42-56(3)4/h56-62,67H,9-55H2,1-8H3,(H,72,73)(H,74,75)/t58?,59?,60-,61+,62+/m0/s1. The summed E-state index contributed by atoms with van der Waals surface area (Å²) in [5.41, 5.74) is 0. The van der Waals surface area contributed by atoms with Gasteiger partial charge < -0.3 is 33.8 Å². The van der Waals surface area contributed by atoms with Crippen molar-refractivity contribution in [2.45, 2.75) is 337 Å². The second-order valence-corrected chi connectivity index (χ2v) is 28.2. The Hall–Kier alpha value is -1.94. The molecule has 0 aliphatic rings. The van der Waals surface area contributed by atoms with Crippen molar-refractivity contribution in [3.8, 4) is 0 Å². The van der Waals surface area contributed by atoms with E-state index in [0.29, 0.717) is 31.6 Å². The van der Waals surface area contributed by atoms with Crippen molar-refractivity contribution in [2.24, 2.45) is 23.7 Å². The lowest BCUT2D eigenvalue weighted by Gasteiger charge is -2.21. The molecule has 0 aromatic heterocycles. The minimum Gasteiger partial charge on any atom is -0.462 e. The van der Waals surface area contributed by atoms with E-state index in [9.17, 15) is 43.2 Å². The van der Waals surface area contributed by atoms with E-state index in [1.165, 1.54) is 109 Å². The second kappa shape index (κ2) is 56.1. The zero-order valence-electron chi connectivity index (χ0n) is 55.2. The Morgan fingerprint density at radius 1 is 0.329 bits per heavy atom. The third kappa shape index (κ3) is 58.2. The summed E-state index contributed by atoms with van der Waals surface area (Å²) >= 11 is 0. The molecule has 0 aromatic rings. The van der Waals surface area contributed by atoms with Crippen molar-refractivity contribution in [1.82, 2.24) is 0 Å². The van der Waals surface area contributed by atoms with Crippen molar-refractivity contribution in [3.05, 3.63) is 0 Å². The Balaban J connectivity index is 5.26. The summed E-state index contributed by atoms with van der Waals surface area (Å²) < 4.78 is 68.1. The first-order valence-electron chi connectivity index (χ1n) is 34.3. The maximum Gasteiger partial charge on any atom is 0.472 e. The number of hydrogen-bond acceptors (Lipinski definition) is 15. The molecule has 0 aromatic carbocycles. The zero-order valence-corrected chi connectivity index (χ0v) is 57.0. The van der Waals surface area contributed by atoms with Gasteiger partial charge in [-0.1, -0.05) is 267 Å². The summed E-state index contributed by atoms with van der Waals surface area (Å²) in [6.07, 6.45) is 36.3. The van der Waals surface area contributed by atoms with Gasteiger partial charge in [0, 0.05) is 25.7 Å². The van der Waals surface area contributed by atoms with Crippen LogP contribution in [-0.4, -0.2) is 96.7 Å². The molecule has 0 fully saturated rings. The average Bonchev–Trinajstić information content (AvgIpc) is 3.58. The maximum atomic E-state index is 13.0. The van der Waals surface area contributed by atoms with Crippen LogP contribution < -0.4 is 0 Å². The fourth-order valence-corrected chi connectivity index (χ4v) is 11.3. The Morgan fingerprint density at radius 2 is 0.565 bits per heavy atom. The molecule has 19 heteroatoms. The van der Waals surface area contributed by atoms with E-state index in [-0.39, 0.29) is 25.7 Å². The normalized spacial score (nSPS) is 15.0. The molecule has 504 valence electrons. The van der Waals surface area contributed by atoms with Gasteiger partial charge in [0.15, 0.2) is 12.2 Å². The number of carbonyl (C=O) groups excluding carboxylic acids is 4. The van der Waals surface area contributed by atoms with E-state index >= 15 is 0 Å². The first kappa shape index (κ1) is 83.1. The van der Waals surface area contributed by atoms with Crippen LogP contribution in [0.4, 0.5) is 0 Å². The van der Waals surface area contributed by atoms with E-state index < -0.39 is 97.5 Å². The zero-order chi connectivity index (χ0) is 63.2. The van der Waals surface area contributed by atoms with Gasteiger partial charge in [-0.3, -0.25) is 37.3 Å². The fourth-order valence-electron chi connectivity index (χ4n) is 9.72. The SMILES string of the molecule is CCC(C)CCCCCCCCCCCCC(=O)O[C@H](COC(=O)CCCCCCCCC(C)C)COP(=O)(O)OC[C@H](O)COP(=O)(O)OC[C@@H](COC(=O)CCCCCCCCC(C)CC)OC(=O)CCCCCCCCCCCC(C)C. The van der Waals surface area contributed by atoms with Gasteiger partial charge in [0.05, 0.1) is 26.4 Å². The highest BCUT2D eigenvalue weighted by atomic mass is 31.2. The summed E-state index contributed by atoms with van der Waals surface area (Å²) in [5, 5.41) is 10.5. The molecule has 0 bridgehead atoms. The molecule has 3 N–H and O–H groups in total.